The average Bonchev–Trinajstić information content (AvgIpc) is 2.16. The number of pyridine rings is 1. The fourth-order valence-electron chi connectivity index (χ4n) is 1.54. The van der Waals surface area contributed by atoms with E-state index in [1.54, 1.807) is 0 Å². The molecule has 0 aliphatic heterocycles. The summed E-state index contributed by atoms with van der Waals surface area (Å²) in [6, 6.07) is 5.82. The van der Waals surface area contributed by atoms with Gasteiger partial charge in [-0.2, -0.15) is 0 Å². The van der Waals surface area contributed by atoms with Crippen molar-refractivity contribution in [2.75, 3.05) is 6.54 Å². The highest BCUT2D eigenvalue weighted by molar-refractivity contribution is 9.10. The summed E-state index contributed by atoms with van der Waals surface area (Å²) in [4.78, 5) is 4.30. The van der Waals surface area contributed by atoms with Crippen LogP contribution in [0.5, 0.6) is 0 Å². The fraction of sp³-hybridized carbons (Fsp3) is 0.583. The van der Waals surface area contributed by atoms with Gasteiger partial charge in [0.2, 0.25) is 0 Å². The maximum absolute atomic E-state index is 9.66. The molecule has 1 aromatic rings. The molecule has 0 spiro atoms. The van der Waals surface area contributed by atoms with E-state index in [9.17, 15) is 5.11 Å². The molecule has 0 saturated carbocycles. The van der Waals surface area contributed by atoms with Crippen molar-refractivity contribution in [3.8, 4) is 0 Å². The van der Waals surface area contributed by atoms with E-state index >= 15 is 0 Å². The van der Waals surface area contributed by atoms with Crippen molar-refractivity contribution in [1.29, 1.82) is 0 Å². The van der Waals surface area contributed by atoms with Crippen molar-refractivity contribution in [2.45, 2.75) is 32.9 Å². The molecule has 0 aliphatic carbocycles. The predicted octanol–water partition coefficient (Wildman–Crippen LogP) is 2.34. The standard InChI is InChI=1S/C12H19BrN2O/c1-9(2)6-11(16)8-14-7-10-4-3-5-12(13)15-10/h3-5,9,11,14,16H,6-8H2,1-2H3. The minimum Gasteiger partial charge on any atom is -0.392 e. The van der Waals surface area contributed by atoms with Gasteiger partial charge >= 0.3 is 0 Å². The molecular weight excluding hydrogens is 268 g/mol. The number of hydrogen-bond acceptors (Lipinski definition) is 3. The molecule has 4 heteroatoms. The van der Waals surface area contributed by atoms with Gasteiger partial charge in [0.15, 0.2) is 0 Å². The summed E-state index contributed by atoms with van der Waals surface area (Å²) in [6.07, 6.45) is 0.561. The maximum atomic E-state index is 9.66. The van der Waals surface area contributed by atoms with Crippen LogP contribution < -0.4 is 5.32 Å². The fourth-order valence-corrected chi connectivity index (χ4v) is 1.92. The van der Waals surface area contributed by atoms with Crippen molar-refractivity contribution in [1.82, 2.24) is 10.3 Å². The zero-order valence-electron chi connectivity index (χ0n) is 9.78. The molecule has 0 radical (unpaired) electrons. The first-order chi connectivity index (χ1) is 7.58. The normalized spacial score (nSPS) is 13.1. The van der Waals surface area contributed by atoms with Crippen LogP contribution in [-0.4, -0.2) is 22.7 Å². The van der Waals surface area contributed by atoms with Crippen LogP contribution in [0.15, 0.2) is 22.8 Å². The quantitative estimate of drug-likeness (QED) is 0.789. The molecular formula is C12H19BrN2O. The number of aliphatic hydroxyl groups excluding tert-OH is 1. The lowest BCUT2D eigenvalue weighted by Crippen LogP contribution is -2.27. The van der Waals surface area contributed by atoms with Crippen LogP contribution in [0.3, 0.4) is 0 Å². The molecule has 1 rings (SSSR count). The molecule has 0 amide bonds. The molecule has 3 nitrogen and oxygen atoms in total. The molecule has 1 heterocycles. The smallest absolute Gasteiger partial charge is 0.106 e. The summed E-state index contributed by atoms with van der Waals surface area (Å²) >= 11 is 3.33. The van der Waals surface area contributed by atoms with Gasteiger partial charge in [-0.05, 0) is 40.4 Å². The molecule has 0 fully saturated rings. The maximum Gasteiger partial charge on any atom is 0.106 e. The first-order valence-electron chi connectivity index (χ1n) is 5.58. The van der Waals surface area contributed by atoms with Gasteiger partial charge in [0, 0.05) is 13.1 Å². The van der Waals surface area contributed by atoms with Crippen molar-refractivity contribution < 1.29 is 5.11 Å². The SMILES string of the molecule is CC(C)CC(O)CNCc1cccc(Br)n1. The van der Waals surface area contributed by atoms with E-state index in [4.69, 9.17) is 0 Å². The van der Waals surface area contributed by atoms with Crippen molar-refractivity contribution in [2.24, 2.45) is 5.92 Å². The van der Waals surface area contributed by atoms with Crippen molar-refractivity contribution >= 4 is 15.9 Å². The van der Waals surface area contributed by atoms with E-state index in [0.29, 0.717) is 19.0 Å². The minimum atomic E-state index is -0.271. The van der Waals surface area contributed by atoms with Crippen LogP contribution in [0.1, 0.15) is 26.0 Å². The number of aliphatic hydroxyl groups is 1. The van der Waals surface area contributed by atoms with Crippen LogP contribution in [0.4, 0.5) is 0 Å². The van der Waals surface area contributed by atoms with Crippen LogP contribution in [0, 0.1) is 5.92 Å². The van der Waals surface area contributed by atoms with Crippen LogP contribution in [0.25, 0.3) is 0 Å². The van der Waals surface area contributed by atoms with E-state index in [-0.39, 0.29) is 6.10 Å². The monoisotopic (exact) mass is 286 g/mol. The molecule has 0 saturated heterocycles. The molecule has 0 bridgehead atoms. The number of halogens is 1. The van der Waals surface area contributed by atoms with E-state index in [1.165, 1.54) is 0 Å². The van der Waals surface area contributed by atoms with Gasteiger partial charge in [-0.3, -0.25) is 0 Å². The van der Waals surface area contributed by atoms with E-state index in [2.05, 4.69) is 40.1 Å². The van der Waals surface area contributed by atoms with Gasteiger partial charge in [-0.1, -0.05) is 19.9 Å². The Bertz CT molecular complexity index is 318. The minimum absolute atomic E-state index is 0.271. The van der Waals surface area contributed by atoms with Crippen LogP contribution in [0.2, 0.25) is 0 Å². The van der Waals surface area contributed by atoms with Gasteiger partial charge in [0.1, 0.15) is 4.60 Å². The number of rotatable bonds is 6. The van der Waals surface area contributed by atoms with E-state index in [0.717, 1.165) is 16.7 Å². The van der Waals surface area contributed by atoms with Crippen molar-refractivity contribution in [3.05, 3.63) is 28.5 Å². The number of nitrogens with zero attached hydrogens (tertiary/aromatic N) is 1. The van der Waals surface area contributed by atoms with E-state index in [1.807, 2.05) is 18.2 Å². The third kappa shape index (κ3) is 5.58. The average molecular weight is 287 g/mol. The number of aromatic nitrogens is 1. The first-order valence-corrected chi connectivity index (χ1v) is 6.37. The van der Waals surface area contributed by atoms with Gasteiger partial charge < -0.3 is 10.4 Å². The highest BCUT2D eigenvalue weighted by Crippen LogP contribution is 2.06. The van der Waals surface area contributed by atoms with Crippen molar-refractivity contribution in [3.63, 3.8) is 0 Å². The summed E-state index contributed by atoms with van der Waals surface area (Å²) in [6.45, 7) is 5.53. The lowest BCUT2D eigenvalue weighted by atomic mass is 10.1. The lowest BCUT2D eigenvalue weighted by molar-refractivity contribution is 0.146. The van der Waals surface area contributed by atoms with Crippen LogP contribution in [-0.2, 0) is 6.54 Å². The molecule has 2 N–H and O–H groups in total. The molecule has 1 aromatic heterocycles. The lowest BCUT2D eigenvalue weighted by Gasteiger charge is -2.13. The first kappa shape index (κ1) is 13.6. The zero-order chi connectivity index (χ0) is 12.0. The Morgan fingerprint density at radius 2 is 2.19 bits per heavy atom. The second kappa shape index (κ2) is 6.99. The molecule has 0 aromatic carbocycles. The summed E-state index contributed by atoms with van der Waals surface area (Å²) in [5.74, 6) is 0.529. The third-order valence-electron chi connectivity index (χ3n) is 2.20. The summed E-state index contributed by atoms with van der Waals surface area (Å²) in [7, 11) is 0. The predicted molar refractivity (Wildman–Crippen MR) is 69.1 cm³/mol. The Morgan fingerprint density at radius 3 is 2.81 bits per heavy atom. The van der Waals surface area contributed by atoms with E-state index < -0.39 is 0 Å². The molecule has 90 valence electrons. The third-order valence-corrected chi connectivity index (χ3v) is 2.64. The Balaban J connectivity index is 2.25. The van der Waals surface area contributed by atoms with Gasteiger partial charge in [-0.15, -0.1) is 0 Å². The summed E-state index contributed by atoms with van der Waals surface area (Å²) in [5, 5.41) is 12.9. The molecule has 0 aliphatic rings. The Kier molecular flexibility index (Phi) is 5.95. The Labute approximate surface area is 105 Å². The van der Waals surface area contributed by atoms with Gasteiger partial charge in [0.05, 0.1) is 11.8 Å². The zero-order valence-corrected chi connectivity index (χ0v) is 11.4. The molecule has 1 atom stereocenters. The largest absolute Gasteiger partial charge is 0.392 e. The second-order valence-corrected chi connectivity index (χ2v) is 5.18. The van der Waals surface area contributed by atoms with Gasteiger partial charge in [0.25, 0.3) is 0 Å². The molecule has 16 heavy (non-hydrogen) atoms. The van der Waals surface area contributed by atoms with Crippen LogP contribution >= 0.6 is 15.9 Å². The second-order valence-electron chi connectivity index (χ2n) is 4.37. The van der Waals surface area contributed by atoms with Gasteiger partial charge in [-0.25, -0.2) is 4.98 Å². The highest BCUT2D eigenvalue weighted by Gasteiger charge is 2.06. The number of hydrogen-bond donors (Lipinski definition) is 2. The summed E-state index contributed by atoms with van der Waals surface area (Å²) < 4.78 is 0.842. The Hall–Kier alpha value is -0.450. The topological polar surface area (TPSA) is 45.1 Å². The highest BCUT2D eigenvalue weighted by atomic mass is 79.9. The molecule has 1 unspecified atom stereocenters. The summed E-state index contributed by atoms with van der Waals surface area (Å²) in [5.41, 5.74) is 0.978. The Morgan fingerprint density at radius 1 is 1.44 bits per heavy atom. The number of nitrogens with one attached hydrogen (secondary N) is 1.